The highest BCUT2D eigenvalue weighted by atomic mass is 127. The second kappa shape index (κ2) is 5.68. The lowest BCUT2D eigenvalue weighted by Gasteiger charge is -2.12. The van der Waals surface area contributed by atoms with Gasteiger partial charge in [-0.1, -0.05) is 0 Å². The number of hydrogen-bond acceptors (Lipinski definition) is 3. The van der Waals surface area contributed by atoms with E-state index in [1.807, 2.05) is 24.3 Å². The molecule has 4 nitrogen and oxygen atoms in total. The summed E-state index contributed by atoms with van der Waals surface area (Å²) in [5.41, 5.74) is 0. The van der Waals surface area contributed by atoms with E-state index in [0.29, 0.717) is 13.0 Å². The van der Waals surface area contributed by atoms with Crippen molar-refractivity contribution in [2.45, 2.75) is 25.0 Å². The topological polar surface area (TPSA) is 55.8 Å². The predicted octanol–water partition coefficient (Wildman–Crippen LogP) is 2.30. The number of carboxylic acid groups (broad SMARTS) is 1. The maximum Gasteiger partial charge on any atom is 0.332 e. The van der Waals surface area contributed by atoms with Gasteiger partial charge in [0, 0.05) is 3.57 Å². The summed E-state index contributed by atoms with van der Waals surface area (Å²) in [6.07, 6.45) is 0.521. The molecule has 0 aromatic heterocycles. The average molecular weight is 348 g/mol. The predicted molar refractivity (Wildman–Crippen MR) is 70.2 cm³/mol. The van der Waals surface area contributed by atoms with Crippen molar-refractivity contribution in [2.24, 2.45) is 0 Å². The first-order valence-corrected chi connectivity index (χ1v) is 6.49. The summed E-state index contributed by atoms with van der Waals surface area (Å²) in [5, 5.41) is 8.78. The molecule has 0 bridgehead atoms. The Kier molecular flexibility index (Phi) is 4.22. The van der Waals surface area contributed by atoms with E-state index in [1.54, 1.807) is 0 Å². The largest absolute Gasteiger partial charge is 0.491 e. The number of hydrogen-bond donors (Lipinski definition) is 1. The third-order valence-corrected chi connectivity index (χ3v) is 3.35. The molecular weight excluding hydrogens is 335 g/mol. The van der Waals surface area contributed by atoms with Crippen LogP contribution in [0.1, 0.15) is 12.8 Å². The van der Waals surface area contributed by atoms with Crippen LogP contribution in [0.4, 0.5) is 0 Å². The van der Waals surface area contributed by atoms with Crippen LogP contribution in [-0.4, -0.2) is 29.9 Å². The first-order valence-electron chi connectivity index (χ1n) is 5.42. The van der Waals surface area contributed by atoms with E-state index in [9.17, 15) is 4.79 Å². The van der Waals surface area contributed by atoms with Gasteiger partial charge in [-0.05, 0) is 59.7 Å². The maximum atomic E-state index is 10.7. The van der Waals surface area contributed by atoms with E-state index in [1.165, 1.54) is 0 Å². The monoisotopic (exact) mass is 348 g/mol. The summed E-state index contributed by atoms with van der Waals surface area (Å²) in [5.74, 6) is -0.102. The molecule has 2 rings (SSSR count). The third-order valence-electron chi connectivity index (χ3n) is 2.63. The number of benzene rings is 1. The molecule has 1 aromatic carbocycles. The Morgan fingerprint density at radius 3 is 2.71 bits per heavy atom. The van der Waals surface area contributed by atoms with Crippen molar-refractivity contribution in [3.8, 4) is 5.75 Å². The molecule has 1 fully saturated rings. The molecule has 0 spiro atoms. The molecule has 5 heteroatoms. The number of halogens is 1. The number of ether oxygens (including phenoxy) is 2. The van der Waals surface area contributed by atoms with Crippen LogP contribution in [-0.2, 0) is 9.53 Å². The first kappa shape index (κ1) is 12.6. The summed E-state index contributed by atoms with van der Waals surface area (Å²) in [7, 11) is 0. The van der Waals surface area contributed by atoms with Crippen LogP contribution in [0.25, 0.3) is 0 Å². The molecule has 1 aromatic rings. The van der Waals surface area contributed by atoms with Gasteiger partial charge in [0.25, 0.3) is 0 Å². The number of aliphatic carboxylic acids is 1. The third kappa shape index (κ3) is 3.57. The lowest BCUT2D eigenvalue weighted by atomic mass is 10.2. The highest BCUT2D eigenvalue weighted by molar-refractivity contribution is 14.1. The minimum Gasteiger partial charge on any atom is -0.491 e. The van der Waals surface area contributed by atoms with Crippen LogP contribution >= 0.6 is 22.6 Å². The Balaban J connectivity index is 1.80. The van der Waals surface area contributed by atoms with E-state index in [4.69, 9.17) is 14.6 Å². The SMILES string of the molecule is O=C(O)C1CCC(COc2ccc(I)cc2)O1. The van der Waals surface area contributed by atoms with Crippen molar-refractivity contribution in [1.29, 1.82) is 0 Å². The van der Waals surface area contributed by atoms with Gasteiger partial charge in [0.2, 0.25) is 0 Å². The van der Waals surface area contributed by atoms with Crippen LogP contribution < -0.4 is 4.74 Å². The number of carbonyl (C=O) groups is 1. The Morgan fingerprint density at radius 1 is 1.41 bits per heavy atom. The molecule has 1 saturated heterocycles. The van der Waals surface area contributed by atoms with Crippen molar-refractivity contribution in [3.05, 3.63) is 27.8 Å². The zero-order chi connectivity index (χ0) is 12.3. The highest BCUT2D eigenvalue weighted by Crippen LogP contribution is 2.21. The fourth-order valence-corrected chi connectivity index (χ4v) is 2.09. The Bertz CT molecular complexity index is 390. The molecule has 1 N–H and O–H groups in total. The second-order valence-electron chi connectivity index (χ2n) is 3.93. The molecule has 1 aliphatic heterocycles. The van der Waals surface area contributed by atoms with Gasteiger partial charge in [0.1, 0.15) is 12.4 Å². The van der Waals surface area contributed by atoms with Gasteiger partial charge in [-0.3, -0.25) is 0 Å². The average Bonchev–Trinajstić information content (AvgIpc) is 2.77. The first-order chi connectivity index (χ1) is 8.15. The maximum absolute atomic E-state index is 10.7. The summed E-state index contributed by atoms with van der Waals surface area (Å²) in [6.45, 7) is 0.407. The molecule has 2 atom stereocenters. The number of rotatable bonds is 4. The van der Waals surface area contributed by atoms with E-state index in [0.717, 1.165) is 15.7 Å². The summed E-state index contributed by atoms with van der Waals surface area (Å²) in [6, 6.07) is 7.72. The van der Waals surface area contributed by atoms with Gasteiger partial charge in [0.15, 0.2) is 6.10 Å². The summed E-state index contributed by atoms with van der Waals surface area (Å²) >= 11 is 2.23. The minimum absolute atomic E-state index is 0.115. The van der Waals surface area contributed by atoms with Gasteiger partial charge in [-0.25, -0.2) is 4.79 Å². The van der Waals surface area contributed by atoms with Crippen LogP contribution in [0.5, 0.6) is 5.75 Å². The molecule has 0 aliphatic carbocycles. The molecule has 1 aliphatic rings. The Labute approximate surface area is 113 Å². The second-order valence-corrected chi connectivity index (χ2v) is 5.17. The van der Waals surface area contributed by atoms with Gasteiger partial charge in [-0.15, -0.1) is 0 Å². The van der Waals surface area contributed by atoms with Crippen molar-refractivity contribution in [1.82, 2.24) is 0 Å². The van der Waals surface area contributed by atoms with E-state index < -0.39 is 12.1 Å². The van der Waals surface area contributed by atoms with E-state index >= 15 is 0 Å². The van der Waals surface area contributed by atoms with E-state index in [-0.39, 0.29) is 6.10 Å². The molecule has 17 heavy (non-hydrogen) atoms. The fraction of sp³-hybridized carbons (Fsp3) is 0.417. The van der Waals surface area contributed by atoms with E-state index in [2.05, 4.69) is 22.6 Å². The molecule has 1 heterocycles. The van der Waals surface area contributed by atoms with Crippen LogP contribution in [0.3, 0.4) is 0 Å². The zero-order valence-electron chi connectivity index (χ0n) is 9.14. The normalized spacial score (nSPS) is 23.6. The minimum atomic E-state index is -0.887. The highest BCUT2D eigenvalue weighted by Gasteiger charge is 2.30. The Hall–Kier alpha value is -0.820. The lowest BCUT2D eigenvalue weighted by molar-refractivity contribution is -0.149. The van der Waals surface area contributed by atoms with Gasteiger partial charge >= 0.3 is 5.97 Å². The van der Waals surface area contributed by atoms with Gasteiger partial charge in [0.05, 0.1) is 6.10 Å². The van der Waals surface area contributed by atoms with Crippen molar-refractivity contribution in [2.75, 3.05) is 6.61 Å². The standard InChI is InChI=1S/C12H13IO4/c13-8-1-3-9(4-2-8)16-7-10-5-6-11(17-10)12(14)15/h1-4,10-11H,5-7H2,(H,14,15). The van der Waals surface area contributed by atoms with Crippen LogP contribution in [0.2, 0.25) is 0 Å². The molecule has 0 radical (unpaired) electrons. The molecule has 0 amide bonds. The molecular formula is C12H13IO4. The lowest BCUT2D eigenvalue weighted by Crippen LogP contribution is -2.23. The Morgan fingerprint density at radius 2 is 2.12 bits per heavy atom. The smallest absolute Gasteiger partial charge is 0.332 e. The van der Waals surface area contributed by atoms with Gasteiger partial charge < -0.3 is 14.6 Å². The van der Waals surface area contributed by atoms with Gasteiger partial charge in [-0.2, -0.15) is 0 Å². The molecule has 0 saturated carbocycles. The summed E-state index contributed by atoms with van der Waals surface area (Å²) in [4.78, 5) is 10.7. The summed E-state index contributed by atoms with van der Waals surface area (Å²) < 4.78 is 12.0. The van der Waals surface area contributed by atoms with Crippen LogP contribution in [0.15, 0.2) is 24.3 Å². The quantitative estimate of drug-likeness (QED) is 0.849. The van der Waals surface area contributed by atoms with Crippen molar-refractivity contribution < 1.29 is 19.4 Å². The molecule has 92 valence electrons. The zero-order valence-corrected chi connectivity index (χ0v) is 11.3. The van der Waals surface area contributed by atoms with Crippen LogP contribution in [0, 0.1) is 3.57 Å². The number of carboxylic acids is 1. The van der Waals surface area contributed by atoms with Crippen molar-refractivity contribution in [3.63, 3.8) is 0 Å². The fourth-order valence-electron chi connectivity index (χ4n) is 1.73. The molecule has 2 unspecified atom stereocenters. The van der Waals surface area contributed by atoms with Crippen molar-refractivity contribution >= 4 is 28.6 Å².